The largest absolute Gasteiger partial charge is 0.462 e. The van der Waals surface area contributed by atoms with Crippen LogP contribution in [-0.4, -0.2) is 39.5 Å². The molecular formula is C13H18BrNO4. The maximum atomic E-state index is 11.8. The summed E-state index contributed by atoms with van der Waals surface area (Å²) in [7, 11) is 1.62. The number of benzene rings is 1. The van der Waals surface area contributed by atoms with Crippen LogP contribution >= 0.6 is 15.9 Å². The molecule has 0 fully saturated rings. The van der Waals surface area contributed by atoms with E-state index in [1.807, 2.05) is 0 Å². The number of methoxy groups -OCH3 is 1. The SMILES string of the molecule is COCCOCCCOC(=O)c1cccc(Br)c1N. The Hall–Kier alpha value is -1.11. The highest BCUT2D eigenvalue weighted by atomic mass is 79.9. The van der Waals surface area contributed by atoms with Gasteiger partial charge in [0, 0.05) is 24.6 Å². The molecule has 0 spiro atoms. The van der Waals surface area contributed by atoms with E-state index in [-0.39, 0.29) is 0 Å². The molecule has 0 unspecified atom stereocenters. The molecule has 0 bridgehead atoms. The van der Waals surface area contributed by atoms with Gasteiger partial charge < -0.3 is 19.9 Å². The molecule has 0 heterocycles. The number of ether oxygens (including phenoxy) is 3. The van der Waals surface area contributed by atoms with Gasteiger partial charge in [-0.1, -0.05) is 6.07 Å². The fraction of sp³-hybridized carbons (Fsp3) is 0.462. The van der Waals surface area contributed by atoms with E-state index < -0.39 is 5.97 Å². The molecule has 1 aromatic rings. The maximum absolute atomic E-state index is 11.8. The molecule has 5 nitrogen and oxygen atoms in total. The Labute approximate surface area is 121 Å². The van der Waals surface area contributed by atoms with Gasteiger partial charge in [0.15, 0.2) is 0 Å². The molecule has 0 aliphatic carbocycles. The molecule has 2 N–H and O–H groups in total. The summed E-state index contributed by atoms with van der Waals surface area (Å²) < 4.78 is 15.9. The van der Waals surface area contributed by atoms with E-state index in [2.05, 4.69) is 15.9 Å². The molecule has 0 amide bonds. The Bertz CT molecular complexity index is 412. The molecule has 6 heteroatoms. The second-order valence-electron chi connectivity index (χ2n) is 3.80. The lowest BCUT2D eigenvalue weighted by Gasteiger charge is -2.08. The number of halogens is 1. The van der Waals surface area contributed by atoms with Crippen LogP contribution in [0.15, 0.2) is 22.7 Å². The molecule has 0 radical (unpaired) electrons. The van der Waals surface area contributed by atoms with Gasteiger partial charge in [0.25, 0.3) is 0 Å². The Balaban J connectivity index is 2.26. The third-order valence-electron chi connectivity index (χ3n) is 2.37. The molecule has 0 atom stereocenters. The monoisotopic (exact) mass is 331 g/mol. The first-order valence-corrected chi connectivity index (χ1v) is 6.74. The molecule has 106 valence electrons. The van der Waals surface area contributed by atoms with Crippen LogP contribution in [0.25, 0.3) is 0 Å². The highest BCUT2D eigenvalue weighted by Crippen LogP contribution is 2.23. The number of esters is 1. The van der Waals surface area contributed by atoms with Crippen molar-refractivity contribution in [1.82, 2.24) is 0 Å². The van der Waals surface area contributed by atoms with E-state index in [0.717, 1.165) is 0 Å². The van der Waals surface area contributed by atoms with Gasteiger partial charge in [0.2, 0.25) is 0 Å². The predicted molar refractivity (Wildman–Crippen MR) is 76.1 cm³/mol. The molecule has 0 aliphatic heterocycles. The number of rotatable bonds is 8. The van der Waals surface area contributed by atoms with Crippen LogP contribution in [0, 0.1) is 0 Å². The van der Waals surface area contributed by atoms with Crippen molar-refractivity contribution in [3.05, 3.63) is 28.2 Å². The summed E-state index contributed by atoms with van der Waals surface area (Å²) >= 11 is 3.27. The van der Waals surface area contributed by atoms with E-state index in [4.69, 9.17) is 19.9 Å². The topological polar surface area (TPSA) is 70.8 Å². The number of carbonyl (C=O) groups is 1. The highest BCUT2D eigenvalue weighted by molar-refractivity contribution is 9.10. The van der Waals surface area contributed by atoms with Crippen LogP contribution in [0.1, 0.15) is 16.8 Å². The molecule has 0 saturated heterocycles. The minimum absolute atomic E-state index is 0.303. The van der Waals surface area contributed by atoms with Crippen LogP contribution in [0.4, 0.5) is 5.69 Å². The Morgan fingerprint density at radius 2 is 2.05 bits per heavy atom. The van der Waals surface area contributed by atoms with Crippen molar-refractivity contribution in [2.24, 2.45) is 0 Å². The summed E-state index contributed by atoms with van der Waals surface area (Å²) in [5, 5.41) is 0. The lowest BCUT2D eigenvalue weighted by atomic mass is 10.2. The zero-order valence-electron chi connectivity index (χ0n) is 10.9. The van der Waals surface area contributed by atoms with Crippen molar-refractivity contribution in [3.63, 3.8) is 0 Å². The zero-order valence-corrected chi connectivity index (χ0v) is 12.4. The first kappa shape index (κ1) is 15.9. The third kappa shape index (κ3) is 5.59. The molecule has 0 saturated carbocycles. The minimum Gasteiger partial charge on any atom is -0.462 e. The lowest BCUT2D eigenvalue weighted by molar-refractivity contribution is 0.0386. The van der Waals surface area contributed by atoms with Crippen LogP contribution < -0.4 is 5.73 Å². The first-order chi connectivity index (χ1) is 9.16. The molecular weight excluding hydrogens is 314 g/mol. The average molecular weight is 332 g/mol. The van der Waals surface area contributed by atoms with Crippen LogP contribution in [0.5, 0.6) is 0 Å². The average Bonchev–Trinajstić information content (AvgIpc) is 2.40. The second kappa shape index (κ2) is 8.90. The summed E-state index contributed by atoms with van der Waals surface area (Å²) in [6.07, 6.45) is 0.642. The number of nitrogens with two attached hydrogens (primary N) is 1. The number of hydrogen-bond donors (Lipinski definition) is 1. The smallest absolute Gasteiger partial charge is 0.340 e. The van der Waals surface area contributed by atoms with Gasteiger partial charge in [-0.3, -0.25) is 0 Å². The van der Waals surface area contributed by atoms with Crippen LogP contribution in [0.3, 0.4) is 0 Å². The maximum Gasteiger partial charge on any atom is 0.340 e. The van der Waals surface area contributed by atoms with Gasteiger partial charge in [-0.25, -0.2) is 4.79 Å². The summed E-state index contributed by atoms with van der Waals surface area (Å²) in [6, 6.07) is 5.15. The molecule has 1 aromatic carbocycles. The lowest BCUT2D eigenvalue weighted by Crippen LogP contribution is -2.11. The van der Waals surface area contributed by atoms with Crippen molar-refractivity contribution in [2.45, 2.75) is 6.42 Å². The van der Waals surface area contributed by atoms with E-state index in [1.54, 1.807) is 25.3 Å². The number of carbonyl (C=O) groups excluding carboxylic acids is 1. The number of hydrogen-bond acceptors (Lipinski definition) is 5. The van der Waals surface area contributed by atoms with Crippen molar-refractivity contribution in [3.8, 4) is 0 Å². The molecule has 19 heavy (non-hydrogen) atoms. The van der Waals surface area contributed by atoms with Crippen molar-refractivity contribution >= 4 is 27.6 Å². The summed E-state index contributed by atoms with van der Waals surface area (Å²) in [6.45, 7) is 1.94. The number of para-hydroxylation sites is 1. The quantitative estimate of drug-likeness (QED) is 0.449. The van der Waals surface area contributed by atoms with Crippen molar-refractivity contribution < 1.29 is 19.0 Å². The van der Waals surface area contributed by atoms with Gasteiger partial charge in [-0.05, 0) is 28.1 Å². The Kier molecular flexibility index (Phi) is 7.47. The molecule has 1 rings (SSSR count). The number of nitrogen functional groups attached to an aromatic ring is 1. The fourth-order valence-corrected chi connectivity index (χ4v) is 1.73. The van der Waals surface area contributed by atoms with E-state index in [9.17, 15) is 4.79 Å². The normalized spacial score (nSPS) is 10.4. The summed E-state index contributed by atoms with van der Waals surface area (Å²) in [5.41, 5.74) is 6.54. The fourth-order valence-electron chi connectivity index (χ4n) is 1.36. The van der Waals surface area contributed by atoms with E-state index >= 15 is 0 Å². The number of anilines is 1. The van der Waals surface area contributed by atoms with Gasteiger partial charge in [0.05, 0.1) is 31.1 Å². The van der Waals surface area contributed by atoms with E-state index in [0.29, 0.717) is 48.6 Å². The standard InChI is InChI=1S/C13H18BrNO4/c1-17-8-9-18-6-3-7-19-13(16)10-4-2-5-11(14)12(10)15/h2,4-5H,3,6-9,15H2,1H3. The summed E-state index contributed by atoms with van der Waals surface area (Å²) in [5.74, 6) is -0.421. The Morgan fingerprint density at radius 3 is 2.79 bits per heavy atom. The van der Waals surface area contributed by atoms with Gasteiger partial charge in [0.1, 0.15) is 0 Å². The molecule has 0 aromatic heterocycles. The highest BCUT2D eigenvalue weighted by Gasteiger charge is 2.12. The molecule has 0 aliphatic rings. The van der Waals surface area contributed by atoms with Gasteiger partial charge >= 0.3 is 5.97 Å². The van der Waals surface area contributed by atoms with Gasteiger partial charge in [-0.15, -0.1) is 0 Å². The van der Waals surface area contributed by atoms with Gasteiger partial charge in [-0.2, -0.15) is 0 Å². The van der Waals surface area contributed by atoms with Crippen LogP contribution in [0.2, 0.25) is 0 Å². The van der Waals surface area contributed by atoms with Crippen molar-refractivity contribution in [2.75, 3.05) is 39.3 Å². The predicted octanol–water partition coefficient (Wildman–Crippen LogP) is 2.24. The Morgan fingerprint density at radius 1 is 1.26 bits per heavy atom. The minimum atomic E-state index is -0.421. The van der Waals surface area contributed by atoms with Crippen LogP contribution in [-0.2, 0) is 14.2 Å². The van der Waals surface area contributed by atoms with E-state index in [1.165, 1.54) is 0 Å². The van der Waals surface area contributed by atoms with Crippen molar-refractivity contribution in [1.29, 1.82) is 0 Å². The zero-order chi connectivity index (χ0) is 14.1. The first-order valence-electron chi connectivity index (χ1n) is 5.94. The third-order valence-corrected chi connectivity index (χ3v) is 3.06. The second-order valence-corrected chi connectivity index (χ2v) is 4.65. The summed E-state index contributed by atoms with van der Waals surface area (Å²) in [4.78, 5) is 11.8.